The van der Waals surface area contributed by atoms with Crippen molar-refractivity contribution in [2.45, 2.75) is 146 Å². The summed E-state index contributed by atoms with van der Waals surface area (Å²) in [6.07, 6.45) is 10.4. The van der Waals surface area contributed by atoms with Crippen molar-refractivity contribution in [1.29, 1.82) is 0 Å². The minimum absolute atomic E-state index is 0.0479. The molecule has 0 bridgehead atoms. The van der Waals surface area contributed by atoms with E-state index in [1.165, 1.54) is 18.0 Å². The lowest BCUT2D eigenvalue weighted by atomic mass is 9.76. The van der Waals surface area contributed by atoms with Gasteiger partial charge in [-0.3, -0.25) is 18.9 Å². The molecule has 2 aromatic carbocycles. The van der Waals surface area contributed by atoms with E-state index in [0.29, 0.717) is 56.8 Å². The fraction of sp³-hybridized carbons (Fsp3) is 0.614. The zero-order chi connectivity index (χ0) is 43.6. The van der Waals surface area contributed by atoms with Crippen LogP contribution in [0, 0.1) is 0 Å². The van der Waals surface area contributed by atoms with E-state index in [2.05, 4.69) is 54.4 Å². The molecule has 2 aliphatic heterocycles. The summed E-state index contributed by atoms with van der Waals surface area (Å²) in [5.74, 6) is -0.310. The molecule has 0 saturated carbocycles. The number of carbonyl (C=O) groups excluding carboxylic acids is 3. The molecule has 326 valence electrons. The first-order chi connectivity index (χ1) is 27.7. The number of ether oxygens (including phenoxy) is 1. The smallest absolute Gasteiger partial charge is 0.305 e. The Bertz CT molecular complexity index is 2160. The molecular weight excluding hydrogens is 793 g/mol. The van der Waals surface area contributed by atoms with Gasteiger partial charge >= 0.3 is 5.97 Å². The average Bonchev–Trinajstić information content (AvgIpc) is 3.49. The summed E-state index contributed by atoms with van der Waals surface area (Å²) >= 11 is 0. The van der Waals surface area contributed by atoms with Crippen molar-refractivity contribution in [3.63, 3.8) is 0 Å². The van der Waals surface area contributed by atoms with Crippen LogP contribution >= 0.6 is 0 Å². The summed E-state index contributed by atoms with van der Waals surface area (Å²) in [7, 11) is -7.68. The van der Waals surface area contributed by atoms with Crippen molar-refractivity contribution in [2.75, 3.05) is 39.0 Å². The van der Waals surface area contributed by atoms with E-state index >= 15 is 0 Å². The summed E-state index contributed by atoms with van der Waals surface area (Å²) in [5.41, 5.74) is 5.39. The van der Waals surface area contributed by atoms with E-state index in [0.717, 1.165) is 92.5 Å². The van der Waals surface area contributed by atoms with Crippen molar-refractivity contribution in [3.05, 3.63) is 47.5 Å². The maximum Gasteiger partial charge on any atom is 0.305 e. The third-order valence-corrected chi connectivity index (χ3v) is 14.2. The highest BCUT2D eigenvalue weighted by atomic mass is 32.2. The number of hydrogen-bond donors (Lipinski definition) is 3. The second-order valence-electron chi connectivity index (χ2n) is 16.7. The van der Waals surface area contributed by atoms with E-state index < -0.39 is 25.4 Å². The van der Waals surface area contributed by atoms with E-state index in [1.54, 1.807) is 31.2 Å². The quantitative estimate of drug-likeness (QED) is 0.0450. The molecule has 13 nitrogen and oxygen atoms in total. The molecule has 0 radical (unpaired) electrons. The molecule has 0 saturated heterocycles. The molecule has 2 amide bonds. The largest absolute Gasteiger partial charge is 0.466 e. The zero-order valence-corrected chi connectivity index (χ0v) is 37.7. The van der Waals surface area contributed by atoms with Gasteiger partial charge in [-0.2, -0.15) is 17.6 Å². The van der Waals surface area contributed by atoms with Crippen molar-refractivity contribution in [2.24, 2.45) is 0 Å². The minimum atomic E-state index is -4.38. The van der Waals surface area contributed by atoms with Crippen molar-refractivity contribution in [1.82, 2.24) is 10.6 Å². The van der Waals surface area contributed by atoms with Crippen molar-refractivity contribution >= 4 is 60.5 Å². The second-order valence-corrected chi connectivity index (χ2v) is 20.2. The molecule has 4 rings (SSSR count). The lowest BCUT2D eigenvalue weighted by Crippen LogP contribution is -2.34. The predicted molar refractivity (Wildman–Crippen MR) is 230 cm³/mol. The SMILES string of the molecule is CCOC(=O)CCCCC[N+]1=C(C)C(C)(CCCCCC(=O)NCCNC(=O)CCCCC[N+]2=C(C)C(C)(C)c3cc(S(C)(=O)=O)ccc32)c2cc(S(=O)(=O)O)ccc21. The molecule has 1 atom stereocenters. The number of nitrogens with one attached hydrogen (secondary N) is 2. The van der Waals surface area contributed by atoms with Crippen LogP contribution in [0.1, 0.15) is 136 Å². The van der Waals surface area contributed by atoms with Crippen LogP contribution in [0.25, 0.3) is 0 Å². The Labute approximate surface area is 351 Å². The van der Waals surface area contributed by atoms with E-state index in [4.69, 9.17) is 4.74 Å². The number of amides is 2. The Hall–Kier alpha value is -3.95. The van der Waals surface area contributed by atoms with E-state index in [1.807, 2.05) is 6.07 Å². The molecule has 0 aromatic heterocycles. The fourth-order valence-electron chi connectivity index (χ4n) is 8.32. The number of carbonyl (C=O) groups is 3. The molecule has 0 aliphatic carbocycles. The highest BCUT2D eigenvalue weighted by Gasteiger charge is 2.46. The molecule has 1 unspecified atom stereocenters. The molecule has 59 heavy (non-hydrogen) atoms. The van der Waals surface area contributed by atoms with Crippen LogP contribution in [0.4, 0.5) is 11.4 Å². The number of sulfone groups is 1. The van der Waals surface area contributed by atoms with E-state index in [-0.39, 0.29) is 28.1 Å². The average molecular weight is 859 g/mol. The predicted octanol–water partition coefficient (Wildman–Crippen LogP) is 6.68. The van der Waals surface area contributed by atoms with Crippen molar-refractivity contribution in [3.8, 4) is 0 Å². The van der Waals surface area contributed by atoms with Crippen LogP contribution in [0.3, 0.4) is 0 Å². The molecule has 3 N–H and O–H groups in total. The molecule has 2 aromatic rings. The number of benzene rings is 2. The van der Waals surface area contributed by atoms with Crippen LogP contribution in [0.15, 0.2) is 46.2 Å². The molecule has 15 heteroatoms. The summed E-state index contributed by atoms with van der Waals surface area (Å²) in [6.45, 7) is 14.9. The summed E-state index contributed by atoms with van der Waals surface area (Å²) in [6, 6.07) is 10.1. The van der Waals surface area contributed by atoms with Crippen LogP contribution in [-0.2, 0) is 49.9 Å². The highest BCUT2D eigenvalue weighted by Crippen LogP contribution is 2.44. The van der Waals surface area contributed by atoms with Gasteiger partial charge in [0, 0.05) is 88.6 Å². The standard InChI is InChI=1S/C44H64N4O9S2/c1-8-57-42(51)20-14-11-17-29-48-33(3)44(6,37-31-35(59(54,55)56)22-24-39(37)48)25-15-9-12-18-40(49)45-26-27-46-41(50)19-13-10-16-28-47-32(2)43(4,5)36-30-34(58(7,52)53)21-23-38(36)47/h21-24,30-31H,8-20,25-29H2,1-7H3,(H-2,45,46,49,50,54,55,56)/p+2. The number of rotatable bonds is 24. The van der Waals surface area contributed by atoms with Gasteiger partial charge in [0.05, 0.1) is 27.2 Å². The third-order valence-electron chi connectivity index (χ3n) is 12.2. The first kappa shape index (κ1) is 47.7. The lowest BCUT2D eigenvalue weighted by molar-refractivity contribution is -0.440. The summed E-state index contributed by atoms with van der Waals surface area (Å²) in [5, 5.41) is 5.78. The van der Waals surface area contributed by atoms with E-state index in [9.17, 15) is 35.8 Å². The van der Waals surface area contributed by atoms with Crippen LogP contribution in [0.5, 0.6) is 0 Å². The Balaban J connectivity index is 1.14. The minimum Gasteiger partial charge on any atom is -0.466 e. The van der Waals surface area contributed by atoms with Gasteiger partial charge in [-0.15, -0.1) is 0 Å². The van der Waals surface area contributed by atoms with Crippen LogP contribution < -0.4 is 10.6 Å². The maximum atomic E-state index is 12.6. The first-order valence-corrected chi connectivity index (χ1v) is 24.4. The third kappa shape index (κ3) is 12.3. The van der Waals surface area contributed by atoms with Gasteiger partial charge < -0.3 is 15.4 Å². The number of fused-ring (bicyclic) bond motifs is 2. The van der Waals surface area contributed by atoms with Crippen molar-refractivity contribution < 1.29 is 49.7 Å². The zero-order valence-electron chi connectivity index (χ0n) is 36.1. The molecule has 0 spiro atoms. The normalized spacial score (nSPS) is 17.2. The molecule has 2 heterocycles. The number of unbranched alkanes of at least 4 members (excludes halogenated alkanes) is 6. The highest BCUT2D eigenvalue weighted by molar-refractivity contribution is 7.90. The van der Waals surface area contributed by atoms with Gasteiger partial charge in [-0.25, -0.2) is 8.42 Å². The van der Waals surface area contributed by atoms with Crippen LogP contribution in [0.2, 0.25) is 0 Å². The topological polar surface area (TPSA) is 179 Å². The van der Waals surface area contributed by atoms with Gasteiger partial charge in [0.25, 0.3) is 10.1 Å². The summed E-state index contributed by atoms with van der Waals surface area (Å²) in [4.78, 5) is 36.9. The first-order valence-electron chi connectivity index (χ1n) is 21.1. The second kappa shape index (κ2) is 20.5. The molecule has 0 fully saturated rings. The van der Waals surface area contributed by atoms with Gasteiger partial charge in [0.15, 0.2) is 21.3 Å². The Morgan fingerprint density at radius 2 is 1.17 bits per heavy atom. The monoisotopic (exact) mass is 858 g/mol. The Morgan fingerprint density at radius 3 is 1.71 bits per heavy atom. The molecule has 2 aliphatic rings. The molecular formula is C44H66N4O9S2+2. The summed E-state index contributed by atoms with van der Waals surface area (Å²) < 4.78 is 67.7. The lowest BCUT2D eigenvalue weighted by Gasteiger charge is -2.22. The van der Waals surface area contributed by atoms with Gasteiger partial charge in [-0.05, 0) is 90.5 Å². The Morgan fingerprint density at radius 1 is 0.678 bits per heavy atom. The fourth-order valence-corrected chi connectivity index (χ4v) is 9.47. The number of hydrogen-bond acceptors (Lipinski definition) is 8. The van der Waals surface area contributed by atoms with Gasteiger partial charge in [-0.1, -0.05) is 12.8 Å². The number of nitrogens with zero attached hydrogens (tertiary/aromatic N) is 2. The maximum absolute atomic E-state index is 12.6. The number of esters is 1. The van der Waals surface area contributed by atoms with Gasteiger partial charge in [0.2, 0.25) is 23.2 Å². The van der Waals surface area contributed by atoms with Gasteiger partial charge in [0.1, 0.15) is 13.1 Å². The van der Waals surface area contributed by atoms with Crippen LogP contribution in [-0.4, -0.2) is 98.8 Å². The Kier molecular flexibility index (Phi) is 16.6.